The number of amides is 1. The Morgan fingerprint density at radius 3 is 2.68 bits per heavy atom. The first kappa shape index (κ1) is 27.7. The van der Waals surface area contributed by atoms with E-state index in [-0.39, 0.29) is 23.7 Å². The van der Waals surface area contributed by atoms with Gasteiger partial charge in [-0.05, 0) is 58.4 Å². The van der Waals surface area contributed by atoms with Crippen molar-refractivity contribution in [3.8, 4) is 11.5 Å². The lowest BCUT2D eigenvalue weighted by atomic mass is 9.95. The van der Waals surface area contributed by atoms with E-state index in [0.717, 1.165) is 54.7 Å². The third-order valence-electron chi connectivity index (χ3n) is 6.12. The number of anilines is 1. The molecule has 1 N–H and O–H groups in total. The summed E-state index contributed by atoms with van der Waals surface area (Å²) in [4.78, 5) is 27.1. The predicted octanol–water partition coefficient (Wildman–Crippen LogP) is 5.68. The van der Waals surface area contributed by atoms with Crippen LogP contribution in [0.4, 0.5) is 5.00 Å². The number of nitrogens with zero attached hydrogens (tertiary/aromatic N) is 5. The number of thiophene rings is 1. The highest BCUT2D eigenvalue weighted by molar-refractivity contribution is 7.99. The summed E-state index contributed by atoms with van der Waals surface area (Å²) < 4.78 is 9.21. The number of carbonyl (C=O) groups is 2. The summed E-state index contributed by atoms with van der Waals surface area (Å²) in [5.74, 6) is 0.186. The summed E-state index contributed by atoms with van der Waals surface area (Å²) in [7, 11) is 1.83. The van der Waals surface area contributed by atoms with Gasteiger partial charge in [0.1, 0.15) is 10.7 Å². The van der Waals surface area contributed by atoms with E-state index in [1.54, 1.807) is 4.68 Å². The number of fused-ring (bicyclic) bond motifs is 1. The molecule has 3 heterocycles. The fraction of sp³-hybridized carbons (Fsp3) is 0.560. The van der Waals surface area contributed by atoms with Crippen molar-refractivity contribution in [1.82, 2.24) is 24.5 Å². The molecule has 0 aromatic carbocycles. The number of halogens is 1. The van der Waals surface area contributed by atoms with Crippen molar-refractivity contribution in [2.75, 3.05) is 11.1 Å². The van der Waals surface area contributed by atoms with Crippen molar-refractivity contribution in [2.24, 2.45) is 7.05 Å². The fourth-order valence-electron chi connectivity index (χ4n) is 4.40. The number of ether oxygens (including phenoxy) is 1. The molecule has 0 saturated heterocycles. The summed E-state index contributed by atoms with van der Waals surface area (Å²) in [5.41, 5.74) is 2.97. The molecule has 3 aromatic rings. The minimum absolute atomic E-state index is 0.129. The zero-order valence-electron chi connectivity index (χ0n) is 21.9. The van der Waals surface area contributed by atoms with Crippen LogP contribution in [0.1, 0.15) is 72.9 Å². The van der Waals surface area contributed by atoms with E-state index in [4.69, 9.17) is 16.3 Å². The third-order valence-corrected chi connectivity index (χ3v) is 8.74. The van der Waals surface area contributed by atoms with Crippen molar-refractivity contribution in [3.63, 3.8) is 0 Å². The van der Waals surface area contributed by atoms with Gasteiger partial charge in [0, 0.05) is 18.5 Å². The molecular formula is C25H33ClN6O3S2. The summed E-state index contributed by atoms with van der Waals surface area (Å²) in [6.45, 7) is 8.33. The van der Waals surface area contributed by atoms with Crippen LogP contribution in [0.3, 0.4) is 0 Å². The van der Waals surface area contributed by atoms with Crippen molar-refractivity contribution < 1.29 is 14.3 Å². The van der Waals surface area contributed by atoms with E-state index in [1.165, 1.54) is 23.1 Å². The molecule has 12 heteroatoms. The Labute approximate surface area is 230 Å². The molecule has 0 saturated carbocycles. The minimum Gasteiger partial charge on any atom is -0.459 e. The van der Waals surface area contributed by atoms with Crippen molar-refractivity contribution in [1.29, 1.82) is 0 Å². The number of rotatable bonds is 10. The standard InChI is InChI=1S/C25H33ClN6O3S2/c1-6-7-12-32-22(21-20(26)15(4)30-31(21)5)28-29-25(32)36-13-18(33)27-23-19(24(34)35-14(2)3)16-10-8-9-11-17(16)37-23/h14H,6-13H2,1-5H3,(H,27,33). The van der Waals surface area contributed by atoms with E-state index in [0.29, 0.717) is 38.8 Å². The number of hydrogen-bond acceptors (Lipinski definition) is 8. The number of carbonyl (C=O) groups excluding carboxylic acids is 2. The van der Waals surface area contributed by atoms with E-state index in [9.17, 15) is 9.59 Å². The average molecular weight is 565 g/mol. The Kier molecular flexibility index (Phi) is 8.97. The first-order valence-electron chi connectivity index (χ1n) is 12.6. The zero-order chi connectivity index (χ0) is 26.7. The zero-order valence-corrected chi connectivity index (χ0v) is 24.3. The van der Waals surface area contributed by atoms with E-state index in [1.807, 2.05) is 32.4 Å². The fourth-order valence-corrected chi connectivity index (χ4v) is 6.70. The maximum Gasteiger partial charge on any atom is 0.341 e. The number of esters is 1. The van der Waals surface area contributed by atoms with Crippen molar-refractivity contribution in [3.05, 3.63) is 26.7 Å². The number of aromatic nitrogens is 5. The van der Waals surface area contributed by atoms with Gasteiger partial charge in [-0.3, -0.25) is 9.48 Å². The van der Waals surface area contributed by atoms with Crippen LogP contribution < -0.4 is 5.32 Å². The predicted molar refractivity (Wildman–Crippen MR) is 148 cm³/mol. The molecule has 0 radical (unpaired) electrons. The highest BCUT2D eigenvalue weighted by Crippen LogP contribution is 2.39. The van der Waals surface area contributed by atoms with Gasteiger partial charge >= 0.3 is 5.97 Å². The summed E-state index contributed by atoms with van der Waals surface area (Å²) >= 11 is 9.33. The Hall–Kier alpha value is -2.37. The molecular weight excluding hydrogens is 532 g/mol. The van der Waals surface area contributed by atoms with Crippen LogP contribution in [-0.2, 0) is 36.0 Å². The minimum atomic E-state index is -0.371. The first-order chi connectivity index (χ1) is 17.7. The van der Waals surface area contributed by atoms with Gasteiger partial charge in [0.25, 0.3) is 0 Å². The van der Waals surface area contributed by atoms with Crippen molar-refractivity contribution in [2.45, 2.75) is 84.0 Å². The lowest BCUT2D eigenvalue weighted by molar-refractivity contribution is -0.113. The number of nitrogens with one attached hydrogen (secondary N) is 1. The normalized spacial score (nSPS) is 13.2. The van der Waals surface area contributed by atoms with Crippen LogP contribution in [0.15, 0.2) is 5.16 Å². The van der Waals surface area contributed by atoms with E-state index < -0.39 is 0 Å². The third kappa shape index (κ3) is 6.04. The number of aryl methyl sites for hydroxylation is 3. The average Bonchev–Trinajstić information content (AvgIpc) is 3.48. The van der Waals surface area contributed by atoms with Crippen LogP contribution in [0, 0.1) is 6.92 Å². The van der Waals surface area contributed by atoms with Crippen LogP contribution in [0.25, 0.3) is 11.5 Å². The number of unbranched alkanes of at least 4 members (excludes halogenated alkanes) is 1. The van der Waals surface area contributed by atoms with Crippen molar-refractivity contribution >= 4 is 51.6 Å². The molecule has 0 aliphatic heterocycles. The van der Waals surface area contributed by atoms with E-state index in [2.05, 4.69) is 27.5 Å². The van der Waals surface area contributed by atoms with E-state index >= 15 is 0 Å². The molecule has 0 spiro atoms. The molecule has 200 valence electrons. The highest BCUT2D eigenvalue weighted by atomic mass is 35.5. The first-order valence-corrected chi connectivity index (χ1v) is 14.8. The second-order valence-corrected chi connectivity index (χ2v) is 11.8. The van der Waals surface area contributed by atoms with Crippen LogP contribution in [0.5, 0.6) is 0 Å². The Morgan fingerprint density at radius 2 is 2.00 bits per heavy atom. The Bertz CT molecular complexity index is 1300. The molecule has 9 nitrogen and oxygen atoms in total. The molecule has 0 atom stereocenters. The Balaban J connectivity index is 1.53. The molecule has 3 aromatic heterocycles. The molecule has 1 aliphatic rings. The molecule has 0 bridgehead atoms. The summed E-state index contributed by atoms with van der Waals surface area (Å²) in [6, 6.07) is 0. The second-order valence-electron chi connectivity index (χ2n) is 9.39. The summed E-state index contributed by atoms with van der Waals surface area (Å²) in [5, 5.41) is 17.9. The van der Waals surface area contributed by atoms with Gasteiger partial charge in [-0.1, -0.05) is 36.7 Å². The van der Waals surface area contributed by atoms with Gasteiger partial charge in [-0.2, -0.15) is 5.10 Å². The molecule has 1 aliphatic carbocycles. The van der Waals surface area contributed by atoms with Gasteiger partial charge in [-0.25, -0.2) is 4.79 Å². The molecule has 37 heavy (non-hydrogen) atoms. The van der Waals surface area contributed by atoms with Gasteiger partial charge in [0.15, 0.2) is 11.0 Å². The van der Waals surface area contributed by atoms with Gasteiger partial charge in [0.05, 0.1) is 28.1 Å². The molecule has 1 amide bonds. The van der Waals surface area contributed by atoms with Crippen LogP contribution in [-0.4, -0.2) is 48.3 Å². The van der Waals surface area contributed by atoms with Gasteiger partial charge in [0.2, 0.25) is 5.91 Å². The molecule has 0 fully saturated rings. The SMILES string of the molecule is CCCCn1c(SCC(=O)Nc2sc3c(c2C(=O)OC(C)C)CCCC3)nnc1-c1c(Cl)c(C)nn1C. The maximum absolute atomic E-state index is 13.0. The largest absolute Gasteiger partial charge is 0.459 e. The Morgan fingerprint density at radius 1 is 1.24 bits per heavy atom. The lowest BCUT2D eigenvalue weighted by Gasteiger charge is -2.14. The summed E-state index contributed by atoms with van der Waals surface area (Å²) in [6.07, 6.45) is 5.58. The topological polar surface area (TPSA) is 104 Å². The number of hydrogen-bond donors (Lipinski definition) is 1. The molecule has 4 rings (SSSR count). The van der Waals surface area contributed by atoms with Gasteiger partial charge in [-0.15, -0.1) is 21.5 Å². The quantitative estimate of drug-likeness (QED) is 0.249. The second kappa shape index (κ2) is 12.0. The smallest absolute Gasteiger partial charge is 0.341 e. The van der Waals surface area contributed by atoms with Crippen LogP contribution >= 0.6 is 34.7 Å². The molecule has 0 unspecified atom stereocenters. The van der Waals surface area contributed by atoms with Crippen LogP contribution in [0.2, 0.25) is 5.02 Å². The van der Waals surface area contributed by atoms with Gasteiger partial charge < -0.3 is 14.6 Å². The maximum atomic E-state index is 13.0. The number of thioether (sulfide) groups is 1. The highest BCUT2D eigenvalue weighted by Gasteiger charge is 2.28. The monoisotopic (exact) mass is 564 g/mol. The lowest BCUT2D eigenvalue weighted by Crippen LogP contribution is -2.19.